The summed E-state index contributed by atoms with van der Waals surface area (Å²) in [7, 11) is 0. The number of rotatable bonds is 7. The van der Waals surface area contributed by atoms with Crippen molar-refractivity contribution in [2.45, 2.75) is 103 Å². The monoisotopic (exact) mass is 330 g/mol. The van der Waals surface area contributed by atoms with E-state index in [0.717, 1.165) is 37.0 Å². The highest BCUT2D eigenvalue weighted by Crippen LogP contribution is 2.43. The largest absolute Gasteiger partial charge is 0.299 e. The molecule has 0 aromatic carbocycles. The lowest BCUT2D eigenvalue weighted by atomic mass is 9.66. The first kappa shape index (κ1) is 18.2. The zero-order chi connectivity index (χ0) is 16.8. The van der Waals surface area contributed by atoms with Gasteiger partial charge in [0.15, 0.2) is 0 Å². The number of carbonyl (C=O) groups excluding carboxylic acids is 1. The Morgan fingerprint density at radius 3 is 2.25 bits per heavy atom. The van der Waals surface area contributed by atoms with Gasteiger partial charge < -0.3 is 0 Å². The Morgan fingerprint density at radius 2 is 1.46 bits per heavy atom. The van der Waals surface area contributed by atoms with Crippen LogP contribution < -0.4 is 0 Å². The Balaban J connectivity index is 1.33. The summed E-state index contributed by atoms with van der Waals surface area (Å²) in [5, 5.41) is 0. The number of ketones is 1. The number of allylic oxidation sites excluding steroid dienone is 1. The lowest BCUT2D eigenvalue weighted by Gasteiger charge is -2.38. The van der Waals surface area contributed by atoms with Crippen LogP contribution >= 0.6 is 0 Å². The minimum atomic E-state index is 0.385. The number of hydrogen-bond donors (Lipinski definition) is 0. The van der Waals surface area contributed by atoms with Crippen molar-refractivity contribution in [3.05, 3.63) is 12.2 Å². The van der Waals surface area contributed by atoms with Crippen molar-refractivity contribution < 1.29 is 4.79 Å². The van der Waals surface area contributed by atoms with Gasteiger partial charge in [-0.2, -0.15) is 0 Å². The summed E-state index contributed by atoms with van der Waals surface area (Å²) in [6, 6.07) is 0. The van der Waals surface area contributed by atoms with Gasteiger partial charge in [-0.05, 0) is 56.3 Å². The van der Waals surface area contributed by atoms with Gasteiger partial charge >= 0.3 is 0 Å². The molecule has 0 saturated heterocycles. The van der Waals surface area contributed by atoms with Gasteiger partial charge in [0.05, 0.1) is 0 Å². The maximum atomic E-state index is 12.6. The quantitative estimate of drug-likeness (QED) is 0.466. The SMILES string of the molecule is C=C(CCC(=O)C1CCC2CCCCC2C1)CCC1CCCCC1. The third kappa shape index (κ3) is 5.20. The van der Waals surface area contributed by atoms with E-state index < -0.39 is 0 Å². The first-order valence-corrected chi connectivity index (χ1v) is 10.9. The predicted molar refractivity (Wildman–Crippen MR) is 102 cm³/mol. The van der Waals surface area contributed by atoms with Crippen molar-refractivity contribution in [2.24, 2.45) is 23.7 Å². The van der Waals surface area contributed by atoms with Gasteiger partial charge in [-0.25, -0.2) is 0 Å². The molecule has 3 aliphatic carbocycles. The second-order valence-corrected chi connectivity index (χ2v) is 9.07. The van der Waals surface area contributed by atoms with E-state index in [9.17, 15) is 4.79 Å². The van der Waals surface area contributed by atoms with E-state index >= 15 is 0 Å². The van der Waals surface area contributed by atoms with Gasteiger partial charge in [0.2, 0.25) is 0 Å². The van der Waals surface area contributed by atoms with Gasteiger partial charge in [-0.3, -0.25) is 4.79 Å². The molecule has 0 aliphatic heterocycles. The minimum Gasteiger partial charge on any atom is -0.299 e. The van der Waals surface area contributed by atoms with E-state index in [2.05, 4.69) is 6.58 Å². The molecule has 0 aromatic rings. The van der Waals surface area contributed by atoms with Gasteiger partial charge in [0, 0.05) is 12.3 Å². The van der Waals surface area contributed by atoms with E-state index in [0.29, 0.717) is 11.7 Å². The van der Waals surface area contributed by atoms with Crippen LogP contribution in [-0.2, 0) is 4.79 Å². The minimum absolute atomic E-state index is 0.385. The van der Waals surface area contributed by atoms with E-state index in [1.165, 1.54) is 89.0 Å². The van der Waals surface area contributed by atoms with Crippen molar-refractivity contribution in [1.29, 1.82) is 0 Å². The summed E-state index contributed by atoms with van der Waals surface area (Å²) >= 11 is 0. The third-order valence-corrected chi connectivity index (χ3v) is 7.35. The van der Waals surface area contributed by atoms with Crippen LogP contribution in [0, 0.1) is 23.7 Å². The van der Waals surface area contributed by atoms with Crippen LogP contribution in [0.5, 0.6) is 0 Å². The molecule has 3 fully saturated rings. The fourth-order valence-corrected chi connectivity index (χ4v) is 5.68. The number of hydrogen-bond acceptors (Lipinski definition) is 1. The van der Waals surface area contributed by atoms with Crippen LogP contribution in [0.4, 0.5) is 0 Å². The lowest BCUT2D eigenvalue weighted by Crippen LogP contribution is -2.31. The first-order valence-electron chi connectivity index (χ1n) is 10.9. The van der Waals surface area contributed by atoms with Crippen molar-refractivity contribution in [3.63, 3.8) is 0 Å². The molecule has 0 bridgehead atoms. The highest BCUT2D eigenvalue weighted by Gasteiger charge is 2.34. The van der Waals surface area contributed by atoms with E-state index in [1.807, 2.05) is 0 Å². The molecule has 0 spiro atoms. The molecule has 3 unspecified atom stereocenters. The second-order valence-electron chi connectivity index (χ2n) is 9.07. The van der Waals surface area contributed by atoms with Crippen LogP contribution in [0.2, 0.25) is 0 Å². The average molecular weight is 331 g/mol. The van der Waals surface area contributed by atoms with Crippen molar-refractivity contribution in [1.82, 2.24) is 0 Å². The van der Waals surface area contributed by atoms with E-state index in [1.54, 1.807) is 0 Å². The molecule has 24 heavy (non-hydrogen) atoms. The van der Waals surface area contributed by atoms with E-state index in [-0.39, 0.29) is 0 Å². The molecule has 3 saturated carbocycles. The van der Waals surface area contributed by atoms with E-state index in [4.69, 9.17) is 0 Å². The Bertz CT molecular complexity index is 418. The summed E-state index contributed by atoms with van der Waals surface area (Å²) in [4.78, 5) is 12.6. The van der Waals surface area contributed by atoms with Crippen LogP contribution in [0.15, 0.2) is 12.2 Å². The molecule has 0 radical (unpaired) electrons. The van der Waals surface area contributed by atoms with Gasteiger partial charge in [0.1, 0.15) is 5.78 Å². The number of Topliss-reactive ketones (excluding diaryl/α,β-unsaturated/α-hetero) is 1. The number of carbonyl (C=O) groups is 1. The summed E-state index contributed by atoms with van der Waals surface area (Å²) in [5.74, 6) is 3.70. The maximum absolute atomic E-state index is 12.6. The van der Waals surface area contributed by atoms with Gasteiger partial charge in [0.25, 0.3) is 0 Å². The Morgan fingerprint density at radius 1 is 0.750 bits per heavy atom. The zero-order valence-electron chi connectivity index (χ0n) is 15.7. The second kappa shape index (κ2) is 9.20. The summed E-state index contributed by atoms with van der Waals surface area (Å²) in [5.41, 5.74) is 1.33. The first-order chi connectivity index (χ1) is 11.7. The maximum Gasteiger partial charge on any atom is 0.136 e. The van der Waals surface area contributed by atoms with Crippen molar-refractivity contribution >= 4 is 5.78 Å². The molecule has 0 N–H and O–H groups in total. The highest BCUT2D eigenvalue weighted by molar-refractivity contribution is 5.81. The molecule has 3 atom stereocenters. The standard InChI is InChI=1S/C23H38O/c1-18(11-13-19-7-3-2-4-8-19)12-16-23(24)22-15-14-20-9-5-6-10-21(20)17-22/h19-22H,1-17H2. The average Bonchev–Trinajstić information content (AvgIpc) is 2.65. The van der Waals surface area contributed by atoms with Crippen molar-refractivity contribution in [3.8, 4) is 0 Å². The van der Waals surface area contributed by atoms with Crippen LogP contribution in [0.3, 0.4) is 0 Å². The lowest BCUT2D eigenvalue weighted by molar-refractivity contribution is -0.125. The fourth-order valence-electron chi connectivity index (χ4n) is 5.68. The van der Waals surface area contributed by atoms with Gasteiger partial charge in [-0.1, -0.05) is 69.9 Å². The summed E-state index contributed by atoms with van der Waals surface area (Å²) in [6.45, 7) is 4.27. The molecular weight excluding hydrogens is 292 g/mol. The van der Waals surface area contributed by atoms with Crippen LogP contribution in [-0.4, -0.2) is 5.78 Å². The zero-order valence-corrected chi connectivity index (χ0v) is 15.7. The molecule has 3 rings (SSSR count). The molecule has 1 nitrogen and oxygen atoms in total. The molecular formula is C23H38O. The summed E-state index contributed by atoms with van der Waals surface area (Å²) in [6.07, 6.45) is 20.7. The molecule has 136 valence electrons. The molecule has 3 aliphatic rings. The normalized spacial score (nSPS) is 31.4. The van der Waals surface area contributed by atoms with Crippen LogP contribution in [0.1, 0.15) is 103 Å². The molecule has 1 heteroatoms. The number of fused-ring (bicyclic) bond motifs is 1. The Hall–Kier alpha value is -0.590. The smallest absolute Gasteiger partial charge is 0.136 e. The van der Waals surface area contributed by atoms with Crippen molar-refractivity contribution in [2.75, 3.05) is 0 Å². The molecule has 0 aromatic heterocycles. The summed E-state index contributed by atoms with van der Waals surface area (Å²) < 4.78 is 0. The predicted octanol–water partition coefficient (Wildman–Crippen LogP) is 6.86. The Kier molecular flexibility index (Phi) is 6.98. The van der Waals surface area contributed by atoms with Gasteiger partial charge in [-0.15, -0.1) is 0 Å². The Labute approximate surface area is 149 Å². The molecule has 0 amide bonds. The fraction of sp³-hybridized carbons (Fsp3) is 0.870. The highest BCUT2D eigenvalue weighted by atomic mass is 16.1. The van der Waals surface area contributed by atoms with Crippen LogP contribution in [0.25, 0.3) is 0 Å². The topological polar surface area (TPSA) is 17.1 Å². The third-order valence-electron chi connectivity index (χ3n) is 7.35. The molecule has 0 heterocycles.